The summed E-state index contributed by atoms with van der Waals surface area (Å²) in [7, 11) is -2.14. The van der Waals surface area contributed by atoms with E-state index in [2.05, 4.69) is 15.0 Å². The van der Waals surface area contributed by atoms with Crippen molar-refractivity contribution >= 4 is 38.2 Å². The van der Waals surface area contributed by atoms with Crippen LogP contribution in [0.4, 0.5) is 20.0 Å². The van der Waals surface area contributed by atoms with Crippen LogP contribution in [0.15, 0.2) is 59.6 Å². The summed E-state index contributed by atoms with van der Waals surface area (Å²) < 4.78 is 45.5. The summed E-state index contributed by atoms with van der Waals surface area (Å²) in [5.74, 6) is -0.113. The van der Waals surface area contributed by atoms with Gasteiger partial charge >= 0.3 is 6.03 Å². The zero-order valence-corrected chi connectivity index (χ0v) is 17.8. The Balaban J connectivity index is 1.68. The maximum atomic E-state index is 13.2. The van der Waals surface area contributed by atoms with E-state index in [1.165, 1.54) is 48.5 Å². The quantitative estimate of drug-likeness (QED) is 0.566. The van der Waals surface area contributed by atoms with Gasteiger partial charge in [0.15, 0.2) is 5.13 Å². The summed E-state index contributed by atoms with van der Waals surface area (Å²) in [5, 5.41) is 3.26. The molecule has 2 amide bonds. The molecule has 3 rings (SSSR count). The first kappa shape index (κ1) is 21.7. The molecule has 0 aliphatic carbocycles. The minimum Gasteiger partial charge on any atom is -0.445 e. The number of sulfonamides is 1. The molecule has 0 saturated heterocycles. The maximum absolute atomic E-state index is 13.2. The third-order valence-corrected chi connectivity index (χ3v) is 6.20. The van der Waals surface area contributed by atoms with E-state index in [0.717, 1.165) is 11.3 Å². The molecular formula is C19H19FN4O4S2. The fraction of sp³-hybridized carbons (Fsp3) is 0.158. The number of hydrogen-bond donors (Lipinski definition) is 2. The van der Waals surface area contributed by atoms with Crippen LogP contribution in [0.2, 0.25) is 0 Å². The number of nitrogens with zero attached hydrogens (tertiary/aromatic N) is 2. The number of hydrogen-bond acceptors (Lipinski definition) is 6. The molecule has 11 heteroatoms. The fourth-order valence-corrected chi connectivity index (χ4v) is 4.19. The molecule has 3 aromatic rings. The number of anilines is 2. The SMILES string of the molecule is CCNS(=O)(=O)c1cccc(N(C)C(=O)Nc2ncc(Oc3cccc(F)c3)s2)c1. The van der Waals surface area contributed by atoms with E-state index in [1.54, 1.807) is 25.1 Å². The minimum atomic E-state index is -3.64. The summed E-state index contributed by atoms with van der Waals surface area (Å²) in [6.45, 7) is 1.94. The lowest BCUT2D eigenvalue weighted by Crippen LogP contribution is -2.31. The average Bonchev–Trinajstić information content (AvgIpc) is 3.14. The maximum Gasteiger partial charge on any atom is 0.327 e. The molecule has 0 fully saturated rings. The van der Waals surface area contributed by atoms with Crippen molar-refractivity contribution in [1.29, 1.82) is 0 Å². The van der Waals surface area contributed by atoms with Crippen LogP contribution in [0, 0.1) is 5.82 Å². The molecule has 8 nitrogen and oxygen atoms in total. The third kappa shape index (κ3) is 5.32. The molecule has 0 aliphatic rings. The van der Waals surface area contributed by atoms with E-state index in [9.17, 15) is 17.6 Å². The van der Waals surface area contributed by atoms with E-state index in [-0.39, 0.29) is 16.6 Å². The first-order chi connectivity index (χ1) is 14.3. The van der Waals surface area contributed by atoms with Crippen molar-refractivity contribution in [2.75, 3.05) is 23.8 Å². The predicted molar refractivity (Wildman–Crippen MR) is 113 cm³/mol. The van der Waals surface area contributed by atoms with Crippen molar-refractivity contribution in [3.63, 3.8) is 0 Å². The summed E-state index contributed by atoms with van der Waals surface area (Å²) in [5.41, 5.74) is 0.388. The smallest absolute Gasteiger partial charge is 0.327 e. The Morgan fingerprint density at radius 3 is 2.73 bits per heavy atom. The van der Waals surface area contributed by atoms with Crippen molar-refractivity contribution < 1.29 is 22.3 Å². The highest BCUT2D eigenvalue weighted by molar-refractivity contribution is 7.89. The van der Waals surface area contributed by atoms with Gasteiger partial charge in [-0.2, -0.15) is 0 Å². The topological polar surface area (TPSA) is 101 Å². The molecule has 0 radical (unpaired) electrons. The normalized spacial score (nSPS) is 11.2. The molecule has 0 saturated carbocycles. The molecule has 1 aromatic heterocycles. The van der Waals surface area contributed by atoms with Gasteiger partial charge in [0.05, 0.1) is 11.1 Å². The Hall–Kier alpha value is -3.02. The molecule has 2 N–H and O–H groups in total. The molecule has 0 spiro atoms. The van der Waals surface area contributed by atoms with E-state index in [0.29, 0.717) is 16.5 Å². The standard InChI is InChI=1S/C19H19FN4O4S2/c1-3-22-30(26,27)16-9-5-7-14(11-16)24(2)19(25)23-18-21-12-17(29-18)28-15-8-4-6-13(20)10-15/h4-12,22H,3H2,1-2H3,(H,21,23,25). The highest BCUT2D eigenvalue weighted by Crippen LogP contribution is 2.31. The monoisotopic (exact) mass is 450 g/mol. The van der Waals surface area contributed by atoms with Crippen molar-refractivity contribution in [1.82, 2.24) is 9.71 Å². The van der Waals surface area contributed by atoms with E-state index >= 15 is 0 Å². The second kappa shape index (κ2) is 9.20. The van der Waals surface area contributed by atoms with Gasteiger partial charge in [-0.05, 0) is 30.3 Å². The summed E-state index contributed by atoms with van der Waals surface area (Å²) in [6.07, 6.45) is 1.41. The number of ether oxygens (including phenoxy) is 1. The Bertz CT molecular complexity index is 1150. The number of carbonyl (C=O) groups excluding carboxylic acids is 1. The summed E-state index contributed by atoms with van der Waals surface area (Å²) in [4.78, 5) is 17.9. The van der Waals surface area contributed by atoms with Crippen molar-refractivity contribution in [2.24, 2.45) is 0 Å². The van der Waals surface area contributed by atoms with Gasteiger partial charge in [-0.3, -0.25) is 10.2 Å². The highest BCUT2D eigenvalue weighted by atomic mass is 32.2. The molecule has 2 aromatic carbocycles. The van der Waals surface area contributed by atoms with Crippen LogP contribution in [0.1, 0.15) is 6.92 Å². The van der Waals surface area contributed by atoms with Crippen LogP contribution >= 0.6 is 11.3 Å². The predicted octanol–water partition coefficient (Wildman–Crippen LogP) is 4.04. The third-order valence-electron chi connectivity index (χ3n) is 3.87. The van der Waals surface area contributed by atoms with Gasteiger partial charge in [0, 0.05) is 25.3 Å². The van der Waals surface area contributed by atoms with Gasteiger partial charge < -0.3 is 4.74 Å². The Morgan fingerprint density at radius 1 is 1.23 bits per heavy atom. The van der Waals surface area contributed by atoms with Gasteiger partial charge in [-0.25, -0.2) is 27.3 Å². The highest BCUT2D eigenvalue weighted by Gasteiger charge is 2.17. The van der Waals surface area contributed by atoms with Crippen LogP contribution in [-0.4, -0.2) is 33.0 Å². The van der Waals surface area contributed by atoms with Crippen molar-refractivity contribution in [2.45, 2.75) is 11.8 Å². The lowest BCUT2D eigenvalue weighted by atomic mass is 10.3. The number of amides is 2. The number of carbonyl (C=O) groups is 1. The first-order valence-electron chi connectivity index (χ1n) is 8.82. The average molecular weight is 451 g/mol. The van der Waals surface area contributed by atoms with Gasteiger partial charge in [-0.15, -0.1) is 0 Å². The van der Waals surface area contributed by atoms with Crippen molar-refractivity contribution in [3.8, 4) is 10.8 Å². The van der Waals surface area contributed by atoms with E-state index < -0.39 is 21.9 Å². The van der Waals surface area contributed by atoms with Crippen LogP contribution in [0.5, 0.6) is 10.8 Å². The largest absolute Gasteiger partial charge is 0.445 e. The molecule has 0 unspecified atom stereocenters. The number of urea groups is 1. The van der Waals surface area contributed by atoms with Gasteiger partial charge in [0.25, 0.3) is 0 Å². The number of aromatic nitrogens is 1. The second-order valence-electron chi connectivity index (χ2n) is 6.03. The molecule has 30 heavy (non-hydrogen) atoms. The molecule has 1 heterocycles. The second-order valence-corrected chi connectivity index (χ2v) is 8.79. The van der Waals surface area contributed by atoms with Crippen LogP contribution in [0.25, 0.3) is 0 Å². The van der Waals surface area contributed by atoms with Crippen molar-refractivity contribution in [3.05, 3.63) is 60.5 Å². The van der Waals surface area contributed by atoms with E-state index in [4.69, 9.17) is 4.74 Å². The Labute approximate surface area is 177 Å². The fourth-order valence-electron chi connectivity index (χ4n) is 2.44. The van der Waals surface area contributed by atoms with Crippen LogP contribution in [-0.2, 0) is 10.0 Å². The minimum absolute atomic E-state index is 0.0570. The number of nitrogens with one attached hydrogen (secondary N) is 2. The zero-order chi connectivity index (χ0) is 21.7. The molecule has 0 bridgehead atoms. The number of thiazole rings is 1. The molecular weight excluding hydrogens is 431 g/mol. The Kier molecular flexibility index (Phi) is 6.65. The van der Waals surface area contributed by atoms with E-state index in [1.807, 2.05) is 0 Å². The molecule has 0 aliphatic heterocycles. The van der Waals surface area contributed by atoms with Crippen LogP contribution in [0.3, 0.4) is 0 Å². The molecule has 158 valence electrons. The van der Waals surface area contributed by atoms with Gasteiger partial charge in [-0.1, -0.05) is 30.4 Å². The number of benzene rings is 2. The summed E-state index contributed by atoms with van der Waals surface area (Å²) in [6, 6.07) is 11.2. The zero-order valence-electron chi connectivity index (χ0n) is 16.1. The molecule has 0 atom stereocenters. The summed E-state index contributed by atoms with van der Waals surface area (Å²) >= 11 is 1.07. The lowest BCUT2D eigenvalue weighted by molar-refractivity contribution is 0.258. The Morgan fingerprint density at radius 2 is 2.00 bits per heavy atom. The first-order valence-corrected chi connectivity index (χ1v) is 11.1. The number of rotatable bonds is 7. The van der Waals surface area contributed by atoms with Crippen LogP contribution < -0.4 is 19.7 Å². The lowest BCUT2D eigenvalue weighted by Gasteiger charge is -2.18. The van der Waals surface area contributed by atoms with Gasteiger partial charge in [0.2, 0.25) is 15.1 Å². The van der Waals surface area contributed by atoms with Gasteiger partial charge in [0.1, 0.15) is 11.6 Å². The number of halogens is 1.